The minimum Gasteiger partial charge on any atom is -0.480 e. The summed E-state index contributed by atoms with van der Waals surface area (Å²) in [5, 5.41) is 12.5. The zero-order chi connectivity index (χ0) is 16.3. The van der Waals surface area contributed by atoms with Gasteiger partial charge in [-0.25, -0.2) is 8.42 Å². The average molecular weight is 322 g/mol. The number of nitrogens with one attached hydrogen (secondary N) is 1. The van der Waals surface area contributed by atoms with E-state index in [-0.39, 0.29) is 4.90 Å². The van der Waals surface area contributed by atoms with Crippen LogP contribution >= 0.6 is 0 Å². The first-order valence-corrected chi connectivity index (χ1v) is 8.32. The summed E-state index contributed by atoms with van der Waals surface area (Å²) in [6.45, 7) is -0.396. The molecule has 7 heteroatoms. The number of hydrogen-bond donors (Lipinski definition) is 2. The number of aliphatic carboxylic acids is 1. The number of rotatable bonds is 6. The summed E-state index contributed by atoms with van der Waals surface area (Å²) < 4.78 is 24.9. The molecule has 0 fully saturated rings. The Morgan fingerprint density at radius 3 is 2.41 bits per heavy atom. The Balaban J connectivity index is 2.47. The highest BCUT2D eigenvalue weighted by atomic mass is 32.2. The standard InChI is InChI=1S/C15H18N2O4S/c1-17(2)13-7-3-6-12-11(13)5-4-8-14(12)22(20,21)10-16-9-15(18)19/h3-8,16H,9-10H2,1-2H3,(H,18,19). The first-order valence-electron chi connectivity index (χ1n) is 6.67. The van der Waals surface area contributed by atoms with Crippen molar-refractivity contribution in [2.75, 3.05) is 31.4 Å². The summed E-state index contributed by atoms with van der Waals surface area (Å²) in [5.41, 5.74) is 0.924. The number of sulfone groups is 1. The lowest BCUT2D eigenvalue weighted by Crippen LogP contribution is -2.28. The number of anilines is 1. The van der Waals surface area contributed by atoms with Gasteiger partial charge in [0.05, 0.1) is 11.4 Å². The summed E-state index contributed by atoms with van der Waals surface area (Å²) >= 11 is 0. The van der Waals surface area contributed by atoms with E-state index in [1.807, 2.05) is 31.1 Å². The van der Waals surface area contributed by atoms with Crippen molar-refractivity contribution in [2.24, 2.45) is 0 Å². The highest BCUT2D eigenvalue weighted by Crippen LogP contribution is 2.30. The molecule has 0 aliphatic carbocycles. The highest BCUT2D eigenvalue weighted by molar-refractivity contribution is 7.91. The van der Waals surface area contributed by atoms with Crippen molar-refractivity contribution >= 4 is 32.3 Å². The number of carbonyl (C=O) groups is 1. The Bertz CT molecular complexity index is 800. The zero-order valence-electron chi connectivity index (χ0n) is 12.4. The van der Waals surface area contributed by atoms with Gasteiger partial charge in [-0.05, 0) is 12.1 Å². The first-order chi connectivity index (χ1) is 10.3. The molecule has 22 heavy (non-hydrogen) atoms. The van der Waals surface area contributed by atoms with Gasteiger partial charge in [0, 0.05) is 30.6 Å². The van der Waals surface area contributed by atoms with Gasteiger partial charge in [0.1, 0.15) is 5.88 Å². The van der Waals surface area contributed by atoms with Crippen LogP contribution in [0.1, 0.15) is 0 Å². The maximum atomic E-state index is 12.4. The average Bonchev–Trinajstić information content (AvgIpc) is 2.45. The van der Waals surface area contributed by atoms with Crippen LogP contribution in [-0.4, -0.2) is 46.0 Å². The summed E-state index contributed by atoms with van der Waals surface area (Å²) in [6.07, 6.45) is 0. The molecule has 0 heterocycles. The zero-order valence-corrected chi connectivity index (χ0v) is 13.2. The normalized spacial score (nSPS) is 11.5. The fourth-order valence-electron chi connectivity index (χ4n) is 2.30. The number of hydrogen-bond acceptors (Lipinski definition) is 5. The van der Waals surface area contributed by atoms with Gasteiger partial charge in [-0.15, -0.1) is 0 Å². The Morgan fingerprint density at radius 1 is 1.14 bits per heavy atom. The van der Waals surface area contributed by atoms with E-state index < -0.39 is 28.2 Å². The minimum atomic E-state index is -3.62. The molecular weight excluding hydrogens is 304 g/mol. The lowest BCUT2D eigenvalue weighted by molar-refractivity contribution is -0.135. The topological polar surface area (TPSA) is 86.7 Å². The van der Waals surface area contributed by atoms with E-state index in [2.05, 4.69) is 5.32 Å². The molecule has 0 saturated carbocycles. The maximum Gasteiger partial charge on any atom is 0.317 e. The van der Waals surface area contributed by atoms with Crippen LogP contribution in [0.3, 0.4) is 0 Å². The van der Waals surface area contributed by atoms with E-state index in [1.54, 1.807) is 24.3 Å². The molecule has 0 amide bonds. The molecule has 0 bridgehead atoms. The van der Waals surface area contributed by atoms with Crippen molar-refractivity contribution in [1.82, 2.24) is 5.32 Å². The molecule has 0 aromatic heterocycles. The van der Waals surface area contributed by atoms with Gasteiger partial charge in [0.15, 0.2) is 9.84 Å². The van der Waals surface area contributed by atoms with Crippen molar-refractivity contribution in [1.29, 1.82) is 0 Å². The fraction of sp³-hybridized carbons (Fsp3) is 0.267. The number of nitrogens with zero attached hydrogens (tertiary/aromatic N) is 1. The molecule has 0 atom stereocenters. The smallest absolute Gasteiger partial charge is 0.317 e. The molecule has 0 radical (unpaired) electrons. The van der Waals surface area contributed by atoms with Crippen molar-refractivity contribution in [3.63, 3.8) is 0 Å². The SMILES string of the molecule is CN(C)c1cccc2c(S(=O)(=O)CNCC(=O)O)cccc12. The molecule has 2 aromatic rings. The van der Waals surface area contributed by atoms with Crippen LogP contribution in [0.5, 0.6) is 0 Å². The Kier molecular flexibility index (Phi) is 4.68. The second-order valence-corrected chi connectivity index (χ2v) is 7.06. The monoisotopic (exact) mass is 322 g/mol. The van der Waals surface area contributed by atoms with E-state index in [1.165, 1.54) is 0 Å². The number of carboxylic acids is 1. The third-order valence-electron chi connectivity index (χ3n) is 3.24. The number of fused-ring (bicyclic) bond motifs is 1. The number of carboxylic acid groups (broad SMARTS) is 1. The van der Waals surface area contributed by atoms with E-state index >= 15 is 0 Å². The Labute approximate surface area is 129 Å². The van der Waals surface area contributed by atoms with E-state index in [4.69, 9.17) is 5.11 Å². The van der Waals surface area contributed by atoms with Gasteiger partial charge in [0.2, 0.25) is 0 Å². The quantitative estimate of drug-likeness (QED) is 0.834. The van der Waals surface area contributed by atoms with Crippen LogP contribution in [0.2, 0.25) is 0 Å². The summed E-state index contributed by atoms with van der Waals surface area (Å²) in [6, 6.07) is 10.6. The Hall–Kier alpha value is -2.12. The predicted molar refractivity (Wildman–Crippen MR) is 86.0 cm³/mol. The lowest BCUT2D eigenvalue weighted by Gasteiger charge is -2.17. The van der Waals surface area contributed by atoms with Gasteiger partial charge in [-0.2, -0.15) is 0 Å². The molecule has 0 aliphatic rings. The molecule has 0 unspecified atom stereocenters. The van der Waals surface area contributed by atoms with E-state index in [9.17, 15) is 13.2 Å². The number of benzene rings is 2. The van der Waals surface area contributed by atoms with Gasteiger partial charge < -0.3 is 10.0 Å². The maximum absolute atomic E-state index is 12.4. The third-order valence-corrected chi connectivity index (χ3v) is 4.85. The van der Waals surface area contributed by atoms with Crippen LogP contribution in [-0.2, 0) is 14.6 Å². The van der Waals surface area contributed by atoms with E-state index in [0.29, 0.717) is 5.39 Å². The molecule has 0 aliphatic heterocycles. The molecule has 2 aromatic carbocycles. The second kappa shape index (κ2) is 6.33. The van der Waals surface area contributed by atoms with Crippen molar-refractivity contribution in [3.8, 4) is 0 Å². The van der Waals surface area contributed by atoms with Crippen molar-refractivity contribution in [2.45, 2.75) is 4.90 Å². The summed E-state index contributed by atoms with van der Waals surface area (Å²) in [4.78, 5) is 12.6. The van der Waals surface area contributed by atoms with Gasteiger partial charge in [-0.1, -0.05) is 24.3 Å². The molecule has 0 saturated heterocycles. The lowest BCUT2D eigenvalue weighted by atomic mass is 10.1. The summed E-state index contributed by atoms with van der Waals surface area (Å²) in [7, 11) is 0.168. The first kappa shape index (κ1) is 16.3. The van der Waals surface area contributed by atoms with Gasteiger partial charge in [-0.3, -0.25) is 10.1 Å². The van der Waals surface area contributed by atoms with Gasteiger partial charge >= 0.3 is 5.97 Å². The molecule has 118 valence electrons. The Morgan fingerprint density at radius 2 is 1.77 bits per heavy atom. The van der Waals surface area contributed by atoms with Crippen molar-refractivity contribution < 1.29 is 18.3 Å². The van der Waals surface area contributed by atoms with Crippen molar-refractivity contribution in [3.05, 3.63) is 36.4 Å². The minimum absolute atomic E-state index is 0.201. The molecule has 2 N–H and O–H groups in total. The highest BCUT2D eigenvalue weighted by Gasteiger charge is 2.18. The van der Waals surface area contributed by atoms with Crippen LogP contribution in [0.25, 0.3) is 10.8 Å². The molecule has 2 rings (SSSR count). The van der Waals surface area contributed by atoms with Crippen LogP contribution in [0, 0.1) is 0 Å². The largest absolute Gasteiger partial charge is 0.480 e. The molecular formula is C15H18N2O4S. The summed E-state index contributed by atoms with van der Waals surface area (Å²) in [5.74, 6) is -1.51. The fourth-order valence-corrected chi connectivity index (χ4v) is 3.62. The van der Waals surface area contributed by atoms with Crippen LogP contribution in [0.4, 0.5) is 5.69 Å². The predicted octanol–water partition coefficient (Wildman–Crippen LogP) is 1.31. The third kappa shape index (κ3) is 3.37. The van der Waals surface area contributed by atoms with Crippen LogP contribution < -0.4 is 10.2 Å². The molecule has 0 spiro atoms. The molecule has 6 nitrogen and oxygen atoms in total. The van der Waals surface area contributed by atoms with Crippen LogP contribution in [0.15, 0.2) is 41.3 Å². The van der Waals surface area contributed by atoms with E-state index in [0.717, 1.165) is 11.1 Å². The second-order valence-electron chi connectivity index (χ2n) is 5.10. The van der Waals surface area contributed by atoms with Gasteiger partial charge in [0.25, 0.3) is 0 Å².